The molecule has 0 aliphatic heterocycles. The van der Waals surface area contributed by atoms with Crippen molar-refractivity contribution < 1.29 is 9.53 Å². The van der Waals surface area contributed by atoms with E-state index in [1.165, 1.54) is 0 Å². The molecule has 0 spiro atoms. The van der Waals surface area contributed by atoms with E-state index in [9.17, 15) is 4.79 Å². The molecule has 0 aromatic heterocycles. The normalized spacial score (nSPS) is 10.2. The van der Waals surface area contributed by atoms with Crippen LogP contribution in [-0.4, -0.2) is 5.91 Å². The highest BCUT2D eigenvalue weighted by molar-refractivity contribution is 9.10. The molecule has 1 amide bonds. The van der Waals surface area contributed by atoms with Crippen LogP contribution in [0, 0.1) is 0 Å². The summed E-state index contributed by atoms with van der Waals surface area (Å²) < 4.78 is 6.37. The van der Waals surface area contributed by atoms with Gasteiger partial charge in [0.1, 0.15) is 17.9 Å². The fraction of sp³-hybridized carbons (Fsp3) is 0.0714. The molecule has 2 aromatic carbocycles. The molecule has 0 heterocycles. The van der Waals surface area contributed by atoms with Crippen molar-refractivity contribution in [2.75, 3.05) is 5.73 Å². The number of primary amides is 1. The maximum absolute atomic E-state index is 11.4. The third kappa shape index (κ3) is 3.26. The van der Waals surface area contributed by atoms with Crippen LogP contribution in [0.1, 0.15) is 15.9 Å². The molecule has 0 aliphatic carbocycles. The average molecular weight is 321 g/mol. The largest absolute Gasteiger partial charge is 0.488 e. The Kier molecular flexibility index (Phi) is 4.06. The molecular formula is C14H13BrN2O2. The van der Waals surface area contributed by atoms with Crippen LogP contribution in [0.2, 0.25) is 0 Å². The zero-order valence-corrected chi connectivity index (χ0v) is 11.7. The number of ether oxygens (including phenoxy) is 1. The quantitative estimate of drug-likeness (QED) is 0.850. The van der Waals surface area contributed by atoms with Gasteiger partial charge in [-0.05, 0) is 17.7 Å². The summed E-state index contributed by atoms with van der Waals surface area (Å²) in [6.45, 7) is 0.344. The number of amides is 1. The SMILES string of the molecule is NC(=O)c1c(N)cc(Br)cc1OCc1ccccc1. The molecule has 0 radical (unpaired) electrons. The van der Waals surface area contributed by atoms with E-state index in [0.717, 1.165) is 10.0 Å². The van der Waals surface area contributed by atoms with Gasteiger partial charge in [0.2, 0.25) is 0 Å². The molecule has 0 atom stereocenters. The van der Waals surface area contributed by atoms with Crippen molar-refractivity contribution >= 4 is 27.5 Å². The summed E-state index contributed by atoms with van der Waals surface area (Å²) in [6, 6.07) is 12.9. The number of anilines is 1. The highest BCUT2D eigenvalue weighted by Crippen LogP contribution is 2.29. The van der Waals surface area contributed by atoms with Gasteiger partial charge in [0.05, 0.1) is 0 Å². The van der Waals surface area contributed by atoms with Crippen molar-refractivity contribution in [3.05, 3.63) is 58.1 Å². The van der Waals surface area contributed by atoms with E-state index < -0.39 is 5.91 Å². The lowest BCUT2D eigenvalue weighted by molar-refractivity contribution is 0.0997. The van der Waals surface area contributed by atoms with E-state index in [4.69, 9.17) is 16.2 Å². The Bertz CT molecular complexity index is 600. The van der Waals surface area contributed by atoms with E-state index in [-0.39, 0.29) is 5.56 Å². The van der Waals surface area contributed by atoms with Gasteiger partial charge in [-0.15, -0.1) is 0 Å². The highest BCUT2D eigenvalue weighted by atomic mass is 79.9. The van der Waals surface area contributed by atoms with Gasteiger partial charge in [0.25, 0.3) is 5.91 Å². The maximum Gasteiger partial charge on any atom is 0.254 e. The highest BCUT2D eigenvalue weighted by Gasteiger charge is 2.14. The van der Waals surface area contributed by atoms with Gasteiger partial charge in [0, 0.05) is 10.2 Å². The second kappa shape index (κ2) is 5.75. The van der Waals surface area contributed by atoms with Crippen LogP contribution in [0.25, 0.3) is 0 Å². The van der Waals surface area contributed by atoms with Crippen molar-refractivity contribution in [3.63, 3.8) is 0 Å². The Morgan fingerprint density at radius 2 is 1.89 bits per heavy atom. The Morgan fingerprint density at radius 1 is 1.21 bits per heavy atom. The number of carbonyl (C=O) groups excluding carboxylic acids is 1. The molecule has 4 nitrogen and oxygen atoms in total. The standard InChI is InChI=1S/C14H13BrN2O2/c15-10-6-11(16)13(14(17)18)12(7-10)19-8-9-4-2-1-3-5-9/h1-7H,8,16H2,(H2,17,18). The zero-order valence-electron chi connectivity index (χ0n) is 10.1. The van der Waals surface area contributed by atoms with Crippen LogP contribution in [-0.2, 0) is 6.61 Å². The number of hydrogen-bond acceptors (Lipinski definition) is 3. The molecule has 2 aromatic rings. The summed E-state index contributed by atoms with van der Waals surface area (Å²) in [4.78, 5) is 11.4. The third-order valence-electron chi connectivity index (χ3n) is 2.58. The van der Waals surface area contributed by atoms with Crippen LogP contribution in [0.4, 0.5) is 5.69 Å². The third-order valence-corrected chi connectivity index (χ3v) is 3.04. The van der Waals surface area contributed by atoms with Crippen LogP contribution in [0.15, 0.2) is 46.9 Å². The van der Waals surface area contributed by atoms with Crippen molar-refractivity contribution in [2.45, 2.75) is 6.61 Å². The van der Waals surface area contributed by atoms with E-state index in [2.05, 4.69) is 15.9 Å². The number of nitrogens with two attached hydrogens (primary N) is 2. The first-order chi connectivity index (χ1) is 9.08. The molecule has 0 fully saturated rings. The summed E-state index contributed by atoms with van der Waals surface area (Å²) in [7, 11) is 0. The van der Waals surface area contributed by atoms with Gasteiger partial charge < -0.3 is 16.2 Å². The van der Waals surface area contributed by atoms with E-state index in [1.807, 2.05) is 30.3 Å². The van der Waals surface area contributed by atoms with E-state index in [0.29, 0.717) is 18.0 Å². The Balaban J connectivity index is 2.27. The summed E-state index contributed by atoms with van der Waals surface area (Å²) in [5.41, 5.74) is 12.6. The fourth-order valence-corrected chi connectivity index (χ4v) is 2.17. The minimum absolute atomic E-state index is 0.208. The predicted octanol–water partition coefficient (Wildman–Crippen LogP) is 2.71. The molecule has 0 bridgehead atoms. The van der Waals surface area contributed by atoms with E-state index >= 15 is 0 Å². The molecule has 0 unspecified atom stereocenters. The van der Waals surface area contributed by atoms with Crippen LogP contribution in [0.5, 0.6) is 5.75 Å². The molecule has 98 valence electrons. The molecule has 19 heavy (non-hydrogen) atoms. The predicted molar refractivity (Wildman–Crippen MR) is 77.8 cm³/mol. The number of hydrogen-bond donors (Lipinski definition) is 2. The van der Waals surface area contributed by atoms with Gasteiger partial charge >= 0.3 is 0 Å². The lowest BCUT2D eigenvalue weighted by Crippen LogP contribution is -2.15. The molecular weight excluding hydrogens is 308 g/mol. The average Bonchev–Trinajstić information content (AvgIpc) is 2.36. The summed E-state index contributed by atoms with van der Waals surface area (Å²) >= 11 is 3.31. The first-order valence-electron chi connectivity index (χ1n) is 5.63. The lowest BCUT2D eigenvalue weighted by Gasteiger charge is -2.12. The fourth-order valence-electron chi connectivity index (χ4n) is 1.71. The van der Waals surface area contributed by atoms with Gasteiger partial charge in [0.15, 0.2) is 0 Å². The number of benzene rings is 2. The Hall–Kier alpha value is -2.01. The summed E-state index contributed by atoms with van der Waals surface area (Å²) in [6.07, 6.45) is 0. The molecule has 5 heteroatoms. The number of halogens is 1. The maximum atomic E-state index is 11.4. The Morgan fingerprint density at radius 3 is 2.53 bits per heavy atom. The van der Waals surface area contributed by atoms with Gasteiger partial charge in [-0.2, -0.15) is 0 Å². The van der Waals surface area contributed by atoms with Crippen molar-refractivity contribution in [2.24, 2.45) is 5.73 Å². The van der Waals surface area contributed by atoms with Crippen molar-refractivity contribution in [3.8, 4) is 5.75 Å². The zero-order chi connectivity index (χ0) is 13.8. The lowest BCUT2D eigenvalue weighted by atomic mass is 10.1. The molecule has 2 rings (SSSR count). The molecule has 0 saturated carbocycles. The van der Waals surface area contributed by atoms with Crippen LogP contribution < -0.4 is 16.2 Å². The van der Waals surface area contributed by atoms with Gasteiger partial charge in [-0.25, -0.2) is 0 Å². The second-order valence-electron chi connectivity index (χ2n) is 4.01. The molecule has 0 saturated heterocycles. The van der Waals surface area contributed by atoms with E-state index in [1.54, 1.807) is 12.1 Å². The molecule has 4 N–H and O–H groups in total. The first-order valence-corrected chi connectivity index (χ1v) is 6.43. The van der Waals surface area contributed by atoms with Gasteiger partial charge in [-0.1, -0.05) is 46.3 Å². The topological polar surface area (TPSA) is 78.3 Å². The minimum atomic E-state index is -0.604. The monoisotopic (exact) mass is 320 g/mol. The number of rotatable bonds is 4. The summed E-state index contributed by atoms with van der Waals surface area (Å²) in [5.74, 6) is -0.226. The summed E-state index contributed by atoms with van der Waals surface area (Å²) in [5, 5.41) is 0. The Labute approximate surface area is 119 Å². The van der Waals surface area contributed by atoms with Crippen molar-refractivity contribution in [1.82, 2.24) is 0 Å². The second-order valence-corrected chi connectivity index (χ2v) is 4.92. The number of carbonyl (C=O) groups is 1. The first kappa shape index (κ1) is 13.4. The van der Waals surface area contributed by atoms with Crippen molar-refractivity contribution in [1.29, 1.82) is 0 Å². The smallest absolute Gasteiger partial charge is 0.254 e. The van der Waals surface area contributed by atoms with Crippen LogP contribution >= 0.6 is 15.9 Å². The van der Waals surface area contributed by atoms with Gasteiger partial charge in [-0.3, -0.25) is 4.79 Å². The minimum Gasteiger partial charge on any atom is -0.488 e. The number of nitrogen functional groups attached to an aromatic ring is 1. The van der Waals surface area contributed by atoms with Crippen LogP contribution in [0.3, 0.4) is 0 Å². The molecule has 0 aliphatic rings.